The van der Waals surface area contributed by atoms with Crippen LogP contribution < -0.4 is 10.5 Å². The molecule has 14 heavy (non-hydrogen) atoms. The average molecular weight is 224 g/mol. The Morgan fingerprint density at radius 1 is 1.50 bits per heavy atom. The fourth-order valence-electron chi connectivity index (χ4n) is 0.917. The van der Waals surface area contributed by atoms with Crippen LogP contribution >= 0.6 is 0 Å². The van der Waals surface area contributed by atoms with Crippen LogP contribution in [0.15, 0.2) is 0 Å². The number of nitrogens with two attached hydrogens (primary N) is 1. The van der Waals surface area contributed by atoms with E-state index in [0.29, 0.717) is 6.54 Å². The summed E-state index contributed by atoms with van der Waals surface area (Å²) in [6.07, 6.45) is 1.59. The van der Waals surface area contributed by atoms with Crippen LogP contribution in [0.3, 0.4) is 0 Å². The molecule has 1 unspecified atom stereocenters. The zero-order valence-corrected chi connectivity index (χ0v) is 9.64. The van der Waals surface area contributed by atoms with Gasteiger partial charge in [-0.3, -0.25) is 0 Å². The third kappa shape index (κ3) is 8.43. The molecule has 0 aliphatic carbocycles. The molecule has 0 amide bonds. The highest BCUT2D eigenvalue weighted by atomic mass is 32.2. The fraction of sp³-hybridized carbons (Fsp3) is 1.00. The van der Waals surface area contributed by atoms with Gasteiger partial charge in [0.25, 0.3) is 0 Å². The molecule has 0 aromatic rings. The Kier molecular flexibility index (Phi) is 7.08. The van der Waals surface area contributed by atoms with Crippen molar-refractivity contribution in [1.29, 1.82) is 0 Å². The van der Waals surface area contributed by atoms with Gasteiger partial charge in [-0.2, -0.15) is 0 Å². The monoisotopic (exact) mass is 224 g/mol. The molecule has 0 saturated carbocycles. The standard InChI is InChI=1S/C8H20N2O3S/c1-8(9)4-3-5-10-14(11,12)7-6-13-2/h8,10H,3-7,9H2,1-2H3. The molecule has 0 rings (SSSR count). The highest BCUT2D eigenvalue weighted by Crippen LogP contribution is 1.93. The third-order valence-electron chi connectivity index (χ3n) is 1.71. The summed E-state index contributed by atoms with van der Waals surface area (Å²) < 4.78 is 29.6. The van der Waals surface area contributed by atoms with Gasteiger partial charge in [0.1, 0.15) is 0 Å². The third-order valence-corrected chi connectivity index (χ3v) is 3.06. The molecule has 86 valence electrons. The first kappa shape index (κ1) is 13.8. The van der Waals surface area contributed by atoms with Crippen molar-refractivity contribution >= 4 is 10.0 Å². The Labute approximate surface area is 86.1 Å². The van der Waals surface area contributed by atoms with E-state index >= 15 is 0 Å². The van der Waals surface area contributed by atoms with Crippen LogP contribution in [0.25, 0.3) is 0 Å². The van der Waals surface area contributed by atoms with E-state index < -0.39 is 10.0 Å². The maximum Gasteiger partial charge on any atom is 0.213 e. The first-order chi connectivity index (χ1) is 6.48. The van der Waals surface area contributed by atoms with E-state index in [-0.39, 0.29) is 18.4 Å². The van der Waals surface area contributed by atoms with Crippen molar-refractivity contribution < 1.29 is 13.2 Å². The number of hydrogen-bond donors (Lipinski definition) is 2. The second-order valence-corrected chi connectivity index (χ2v) is 5.25. The minimum absolute atomic E-state index is 0.0156. The molecule has 0 saturated heterocycles. The number of sulfonamides is 1. The SMILES string of the molecule is COCCS(=O)(=O)NCCCC(C)N. The van der Waals surface area contributed by atoms with Gasteiger partial charge in [-0.05, 0) is 19.8 Å². The molecule has 0 aliphatic heterocycles. The van der Waals surface area contributed by atoms with E-state index in [1.165, 1.54) is 7.11 Å². The molecule has 6 heteroatoms. The Bertz CT molecular complexity index is 227. The van der Waals surface area contributed by atoms with Crippen molar-refractivity contribution in [2.45, 2.75) is 25.8 Å². The van der Waals surface area contributed by atoms with E-state index in [0.717, 1.165) is 12.8 Å². The molecular weight excluding hydrogens is 204 g/mol. The van der Waals surface area contributed by atoms with Gasteiger partial charge in [0.05, 0.1) is 12.4 Å². The van der Waals surface area contributed by atoms with Gasteiger partial charge in [0, 0.05) is 19.7 Å². The van der Waals surface area contributed by atoms with Crippen molar-refractivity contribution in [2.24, 2.45) is 5.73 Å². The van der Waals surface area contributed by atoms with Crippen molar-refractivity contribution in [2.75, 3.05) is 26.0 Å². The summed E-state index contributed by atoms with van der Waals surface area (Å²) in [5.41, 5.74) is 5.53. The summed E-state index contributed by atoms with van der Waals surface area (Å²) >= 11 is 0. The minimum Gasteiger partial charge on any atom is -0.384 e. The number of hydrogen-bond acceptors (Lipinski definition) is 4. The molecule has 0 bridgehead atoms. The van der Waals surface area contributed by atoms with Gasteiger partial charge < -0.3 is 10.5 Å². The molecular formula is C8H20N2O3S. The van der Waals surface area contributed by atoms with E-state index in [2.05, 4.69) is 9.46 Å². The zero-order valence-electron chi connectivity index (χ0n) is 8.82. The first-order valence-corrected chi connectivity index (χ1v) is 6.35. The van der Waals surface area contributed by atoms with Crippen LogP contribution in [-0.2, 0) is 14.8 Å². The maximum absolute atomic E-state index is 11.2. The Morgan fingerprint density at radius 2 is 2.14 bits per heavy atom. The van der Waals surface area contributed by atoms with Crippen molar-refractivity contribution in [3.8, 4) is 0 Å². The summed E-state index contributed by atoms with van der Waals surface area (Å²) in [5.74, 6) is 0.0156. The molecule has 0 heterocycles. The molecule has 5 nitrogen and oxygen atoms in total. The van der Waals surface area contributed by atoms with E-state index in [1.807, 2.05) is 6.92 Å². The predicted molar refractivity (Wildman–Crippen MR) is 56.5 cm³/mol. The van der Waals surface area contributed by atoms with E-state index in [4.69, 9.17) is 5.73 Å². The normalized spacial score (nSPS) is 14.2. The molecule has 0 aromatic heterocycles. The summed E-state index contributed by atoms with van der Waals surface area (Å²) in [6.45, 7) is 2.58. The summed E-state index contributed by atoms with van der Waals surface area (Å²) in [5, 5.41) is 0. The number of methoxy groups -OCH3 is 1. The van der Waals surface area contributed by atoms with Crippen molar-refractivity contribution in [1.82, 2.24) is 4.72 Å². The van der Waals surface area contributed by atoms with Crippen LogP contribution in [0.5, 0.6) is 0 Å². The largest absolute Gasteiger partial charge is 0.384 e. The molecule has 0 spiro atoms. The molecule has 0 radical (unpaired) electrons. The highest BCUT2D eigenvalue weighted by molar-refractivity contribution is 7.89. The molecule has 0 fully saturated rings. The molecule has 1 atom stereocenters. The lowest BCUT2D eigenvalue weighted by Crippen LogP contribution is -2.29. The van der Waals surface area contributed by atoms with Gasteiger partial charge in [-0.1, -0.05) is 0 Å². The Morgan fingerprint density at radius 3 is 2.64 bits per heavy atom. The Hall–Kier alpha value is -0.170. The van der Waals surface area contributed by atoms with Crippen molar-refractivity contribution in [3.63, 3.8) is 0 Å². The molecule has 3 N–H and O–H groups in total. The van der Waals surface area contributed by atoms with Gasteiger partial charge in [0.2, 0.25) is 10.0 Å². The van der Waals surface area contributed by atoms with E-state index in [1.54, 1.807) is 0 Å². The second kappa shape index (κ2) is 7.17. The average Bonchev–Trinajstić information content (AvgIpc) is 2.09. The van der Waals surface area contributed by atoms with Crippen LogP contribution in [0.2, 0.25) is 0 Å². The van der Waals surface area contributed by atoms with Crippen molar-refractivity contribution in [3.05, 3.63) is 0 Å². The first-order valence-electron chi connectivity index (χ1n) is 4.70. The topological polar surface area (TPSA) is 81.4 Å². The summed E-state index contributed by atoms with van der Waals surface area (Å²) in [6, 6.07) is 0.124. The second-order valence-electron chi connectivity index (χ2n) is 3.33. The number of nitrogens with one attached hydrogen (secondary N) is 1. The van der Waals surface area contributed by atoms with Gasteiger partial charge >= 0.3 is 0 Å². The number of rotatable bonds is 8. The van der Waals surface area contributed by atoms with Crippen LogP contribution in [0.1, 0.15) is 19.8 Å². The Balaban J connectivity index is 3.56. The highest BCUT2D eigenvalue weighted by Gasteiger charge is 2.08. The lowest BCUT2D eigenvalue weighted by atomic mass is 10.2. The summed E-state index contributed by atoms with van der Waals surface area (Å²) in [7, 11) is -1.68. The molecule has 0 aliphatic rings. The predicted octanol–water partition coefficient (Wildman–Crippen LogP) is -0.320. The number of ether oxygens (including phenoxy) is 1. The van der Waals surface area contributed by atoms with Crippen LogP contribution in [0, 0.1) is 0 Å². The lowest BCUT2D eigenvalue weighted by Gasteiger charge is -2.07. The quantitative estimate of drug-likeness (QED) is 0.554. The van der Waals surface area contributed by atoms with Gasteiger partial charge in [-0.25, -0.2) is 13.1 Å². The van der Waals surface area contributed by atoms with Crippen LogP contribution in [0.4, 0.5) is 0 Å². The smallest absolute Gasteiger partial charge is 0.213 e. The fourth-order valence-corrected chi connectivity index (χ4v) is 1.90. The van der Waals surface area contributed by atoms with E-state index in [9.17, 15) is 8.42 Å². The van der Waals surface area contributed by atoms with Gasteiger partial charge in [-0.15, -0.1) is 0 Å². The summed E-state index contributed by atoms with van der Waals surface area (Å²) in [4.78, 5) is 0. The minimum atomic E-state index is -3.16. The van der Waals surface area contributed by atoms with Crippen LogP contribution in [-0.4, -0.2) is 40.5 Å². The van der Waals surface area contributed by atoms with Gasteiger partial charge in [0.15, 0.2) is 0 Å². The lowest BCUT2D eigenvalue weighted by molar-refractivity contribution is 0.217. The molecule has 0 aromatic carbocycles. The maximum atomic E-state index is 11.2. The zero-order chi connectivity index (χ0) is 11.0.